The standard InChI is InChI=1S/C24H29N5O/c1-26-11-10-21-20-8-7-19(15-22(20)29(25)23(21)16-26)28-14-13-27(17-24(28)30)12-9-18-5-3-2-4-6-18/h2-8,15H,9-14,16-17,25H2,1H3. The predicted octanol–water partition coefficient (Wildman–Crippen LogP) is 2.23. The number of benzene rings is 2. The molecule has 3 aromatic rings. The molecule has 0 unspecified atom stereocenters. The summed E-state index contributed by atoms with van der Waals surface area (Å²) in [6.07, 6.45) is 1.99. The van der Waals surface area contributed by atoms with Gasteiger partial charge in [0, 0.05) is 43.8 Å². The van der Waals surface area contributed by atoms with Crippen molar-refractivity contribution in [2.75, 3.05) is 50.5 Å². The Bertz CT molecular complexity index is 1070. The van der Waals surface area contributed by atoms with E-state index in [4.69, 9.17) is 5.84 Å². The summed E-state index contributed by atoms with van der Waals surface area (Å²) in [5, 5.41) is 1.22. The van der Waals surface area contributed by atoms with Crippen LogP contribution in [0.2, 0.25) is 0 Å². The van der Waals surface area contributed by atoms with Crippen molar-refractivity contribution in [3.8, 4) is 0 Å². The highest BCUT2D eigenvalue weighted by Crippen LogP contribution is 2.32. The number of hydrogen-bond donors (Lipinski definition) is 1. The molecule has 2 aliphatic heterocycles. The Morgan fingerprint density at radius 2 is 1.83 bits per heavy atom. The van der Waals surface area contributed by atoms with E-state index in [-0.39, 0.29) is 5.91 Å². The van der Waals surface area contributed by atoms with Crippen molar-refractivity contribution in [1.29, 1.82) is 0 Å². The number of nitrogens with two attached hydrogens (primary N) is 1. The summed E-state index contributed by atoms with van der Waals surface area (Å²) in [4.78, 5) is 19.4. The summed E-state index contributed by atoms with van der Waals surface area (Å²) in [6.45, 7) is 4.91. The van der Waals surface area contributed by atoms with Gasteiger partial charge in [0.2, 0.25) is 5.91 Å². The van der Waals surface area contributed by atoms with E-state index >= 15 is 0 Å². The van der Waals surface area contributed by atoms with Gasteiger partial charge >= 0.3 is 0 Å². The lowest BCUT2D eigenvalue weighted by Gasteiger charge is -2.34. The molecule has 1 aromatic heterocycles. The van der Waals surface area contributed by atoms with E-state index in [1.54, 1.807) is 0 Å². The first kappa shape index (κ1) is 19.2. The summed E-state index contributed by atoms with van der Waals surface area (Å²) in [5.74, 6) is 6.61. The second-order valence-corrected chi connectivity index (χ2v) is 8.54. The molecule has 2 aliphatic rings. The quantitative estimate of drug-likeness (QED) is 0.679. The number of carbonyl (C=O) groups excluding carboxylic acids is 1. The van der Waals surface area contributed by atoms with Gasteiger partial charge in [-0.05, 0) is 43.1 Å². The SMILES string of the molecule is CN1CCc2c(n(N)c3cc(N4CCN(CCc5ccccc5)CC4=O)ccc23)C1. The van der Waals surface area contributed by atoms with E-state index in [1.165, 1.54) is 22.2 Å². The van der Waals surface area contributed by atoms with Gasteiger partial charge in [0.25, 0.3) is 0 Å². The molecule has 2 N–H and O–H groups in total. The Hall–Kier alpha value is -2.83. The van der Waals surface area contributed by atoms with Crippen LogP contribution in [0.4, 0.5) is 5.69 Å². The third-order valence-electron chi connectivity index (χ3n) is 6.54. The van der Waals surface area contributed by atoms with Crippen LogP contribution in [0.5, 0.6) is 0 Å². The fourth-order valence-electron chi connectivity index (χ4n) is 4.79. The number of fused-ring (bicyclic) bond motifs is 3. The van der Waals surface area contributed by atoms with E-state index in [2.05, 4.69) is 59.3 Å². The van der Waals surface area contributed by atoms with E-state index in [1.807, 2.05) is 15.6 Å². The maximum Gasteiger partial charge on any atom is 0.241 e. The number of rotatable bonds is 4. The minimum Gasteiger partial charge on any atom is -0.339 e. The number of nitrogen functional groups attached to an aromatic ring is 1. The molecule has 0 aliphatic carbocycles. The Labute approximate surface area is 177 Å². The molecule has 1 fully saturated rings. The maximum atomic E-state index is 12.9. The van der Waals surface area contributed by atoms with Crippen LogP contribution in [-0.2, 0) is 24.2 Å². The Kier molecular flexibility index (Phi) is 4.97. The summed E-state index contributed by atoms with van der Waals surface area (Å²) in [5.41, 5.74) is 5.83. The summed E-state index contributed by atoms with van der Waals surface area (Å²) in [6, 6.07) is 16.8. The van der Waals surface area contributed by atoms with Crippen LogP contribution in [0.25, 0.3) is 10.9 Å². The van der Waals surface area contributed by atoms with Crippen LogP contribution in [-0.4, -0.2) is 60.2 Å². The zero-order valence-corrected chi connectivity index (χ0v) is 17.6. The molecule has 5 rings (SSSR count). The smallest absolute Gasteiger partial charge is 0.241 e. The van der Waals surface area contributed by atoms with E-state index < -0.39 is 0 Å². The van der Waals surface area contributed by atoms with Crippen molar-refractivity contribution < 1.29 is 4.79 Å². The largest absolute Gasteiger partial charge is 0.339 e. The minimum atomic E-state index is 0.160. The number of piperazine rings is 1. The van der Waals surface area contributed by atoms with Crippen LogP contribution < -0.4 is 10.7 Å². The summed E-state index contributed by atoms with van der Waals surface area (Å²) < 4.78 is 1.82. The molecule has 0 radical (unpaired) electrons. The third-order valence-corrected chi connectivity index (χ3v) is 6.54. The lowest BCUT2D eigenvalue weighted by molar-refractivity contribution is -0.121. The van der Waals surface area contributed by atoms with Gasteiger partial charge in [0.15, 0.2) is 0 Å². The van der Waals surface area contributed by atoms with Crippen LogP contribution in [0.3, 0.4) is 0 Å². The molecule has 6 heteroatoms. The number of amides is 1. The van der Waals surface area contributed by atoms with Gasteiger partial charge in [-0.3, -0.25) is 14.4 Å². The average Bonchev–Trinajstić information content (AvgIpc) is 3.04. The monoisotopic (exact) mass is 403 g/mol. The summed E-state index contributed by atoms with van der Waals surface area (Å²) >= 11 is 0. The molecule has 0 saturated carbocycles. The van der Waals surface area contributed by atoms with Crippen LogP contribution >= 0.6 is 0 Å². The van der Waals surface area contributed by atoms with Gasteiger partial charge in [0.05, 0.1) is 17.8 Å². The molecule has 1 amide bonds. The lowest BCUT2D eigenvalue weighted by Crippen LogP contribution is -2.50. The van der Waals surface area contributed by atoms with Crippen molar-refractivity contribution >= 4 is 22.5 Å². The Morgan fingerprint density at radius 3 is 2.63 bits per heavy atom. The molecule has 156 valence electrons. The predicted molar refractivity (Wildman–Crippen MR) is 121 cm³/mol. The second-order valence-electron chi connectivity index (χ2n) is 8.54. The first-order valence-electron chi connectivity index (χ1n) is 10.8. The molecular weight excluding hydrogens is 374 g/mol. The molecule has 2 aromatic carbocycles. The number of hydrogen-bond acceptors (Lipinski definition) is 4. The first-order chi connectivity index (χ1) is 14.6. The van der Waals surface area contributed by atoms with Gasteiger partial charge in [-0.1, -0.05) is 36.4 Å². The van der Waals surface area contributed by atoms with Gasteiger partial charge < -0.3 is 15.6 Å². The number of likely N-dealkylation sites (N-methyl/N-ethyl adjacent to an activating group) is 1. The molecule has 0 atom stereocenters. The highest BCUT2D eigenvalue weighted by molar-refractivity contribution is 5.98. The normalized spacial score (nSPS) is 18.2. The number of anilines is 1. The molecule has 0 spiro atoms. The molecule has 0 bridgehead atoms. The Morgan fingerprint density at radius 1 is 1.00 bits per heavy atom. The second kappa shape index (κ2) is 7.78. The van der Waals surface area contributed by atoms with Gasteiger partial charge in [0.1, 0.15) is 0 Å². The topological polar surface area (TPSA) is 57.7 Å². The van der Waals surface area contributed by atoms with Crippen LogP contribution in [0.1, 0.15) is 16.8 Å². The third kappa shape index (κ3) is 3.46. The Balaban J connectivity index is 1.31. The van der Waals surface area contributed by atoms with Gasteiger partial charge in [-0.2, -0.15) is 0 Å². The van der Waals surface area contributed by atoms with E-state index in [0.717, 1.165) is 50.2 Å². The fraction of sp³-hybridized carbons (Fsp3) is 0.375. The van der Waals surface area contributed by atoms with E-state index in [0.29, 0.717) is 13.1 Å². The number of aromatic nitrogens is 1. The number of nitrogens with zero attached hydrogens (tertiary/aromatic N) is 4. The molecular formula is C24H29N5O. The van der Waals surface area contributed by atoms with Crippen LogP contribution in [0.15, 0.2) is 48.5 Å². The van der Waals surface area contributed by atoms with Crippen molar-refractivity contribution in [3.05, 3.63) is 65.4 Å². The average molecular weight is 404 g/mol. The highest BCUT2D eigenvalue weighted by Gasteiger charge is 2.27. The number of carbonyl (C=O) groups is 1. The van der Waals surface area contributed by atoms with Crippen molar-refractivity contribution in [2.24, 2.45) is 0 Å². The van der Waals surface area contributed by atoms with Crippen molar-refractivity contribution in [1.82, 2.24) is 14.5 Å². The zero-order valence-electron chi connectivity index (χ0n) is 17.6. The van der Waals surface area contributed by atoms with Crippen molar-refractivity contribution in [2.45, 2.75) is 19.4 Å². The maximum absolute atomic E-state index is 12.9. The molecule has 3 heterocycles. The molecule has 6 nitrogen and oxygen atoms in total. The van der Waals surface area contributed by atoms with Crippen molar-refractivity contribution in [3.63, 3.8) is 0 Å². The summed E-state index contributed by atoms with van der Waals surface area (Å²) in [7, 11) is 2.13. The highest BCUT2D eigenvalue weighted by atomic mass is 16.2. The minimum absolute atomic E-state index is 0.160. The van der Waals surface area contributed by atoms with Crippen LogP contribution in [0, 0.1) is 0 Å². The van der Waals surface area contributed by atoms with Gasteiger partial charge in [-0.15, -0.1) is 0 Å². The zero-order chi connectivity index (χ0) is 20.7. The molecule has 30 heavy (non-hydrogen) atoms. The lowest BCUT2D eigenvalue weighted by atomic mass is 10.0. The first-order valence-corrected chi connectivity index (χ1v) is 10.8. The molecule has 1 saturated heterocycles. The van der Waals surface area contributed by atoms with E-state index in [9.17, 15) is 4.79 Å². The van der Waals surface area contributed by atoms with Gasteiger partial charge in [-0.25, -0.2) is 0 Å². The fourth-order valence-corrected chi connectivity index (χ4v) is 4.79.